The Morgan fingerprint density at radius 1 is 1.33 bits per heavy atom. The summed E-state index contributed by atoms with van der Waals surface area (Å²) in [5.41, 5.74) is 2.83. The minimum atomic E-state index is -3.71. The first-order valence-corrected chi connectivity index (χ1v) is 9.39. The maximum Gasteiger partial charge on any atom is 0.287 e. The summed E-state index contributed by atoms with van der Waals surface area (Å²) in [4.78, 5) is 15.7. The van der Waals surface area contributed by atoms with E-state index in [0.717, 1.165) is 0 Å². The third kappa shape index (κ3) is 2.84. The molecule has 0 unspecified atom stereocenters. The predicted molar refractivity (Wildman–Crippen MR) is 90.7 cm³/mol. The molecule has 0 saturated carbocycles. The number of hydrazine groups is 1. The van der Waals surface area contributed by atoms with Crippen molar-refractivity contribution in [2.75, 3.05) is 24.5 Å². The molecular weight excluding hydrogens is 330 g/mol. The second-order valence-electron chi connectivity index (χ2n) is 5.85. The average Bonchev–Trinajstić information content (AvgIpc) is 2.61. The summed E-state index contributed by atoms with van der Waals surface area (Å²) in [5.74, 6) is 5.30. The van der Waals surface area contributed by atoms with Crippen LogP contribution in [-0.4, -0.2) is 44.8 Å². The van der Waals surface area contributed by atoms with E-state index < -0.39 is 10.0 Å². The molecule has 0 bridgehead atoms. The monoisotopic (exact) mass is 351 g/mol. The molecule has 130 valence electrons. The number of carbonyl (C=O) groups excluding carboxylic acids is 1. The highest BCUT2D eigenvalue weighted by Crippen LogP contribution is 2.32. The number of guanidine groups is 1. The van der Waals surface area contributed by atoms with Crippen molar-refractivity contribution in [2.45, 2.75) is 24.7 Å². The van der Waals surface area contributed by atoms with Gasteiger partial charge in [0.05, 0.1) is 5.69 Å². The number of fused-ring (bicyclic) bond motifs is 1. The van der Waals surface area contributed by atoms with Crippen LogP contribution in [0.2, 0.25) is 0 Å². The predicted octanol–water partition coefficient (Wildman–Crippen LogP) is 0.273. The Morgan fingerprint density at radius 3 is 2.62 bits per heavy atom. The Kier molecular flexibility index (Phi) is 4.46. The number of sulfonamides is 1. The molecule has 3 rings (SSSR count). The number of likely N-dealkylation sites (tertiary alicyclic amines) is 1. The van der Waals surface area contributed by atoms with Crippen molar-refractivity contribution >= 4 is 27.6 Å². The minimum absolute atomic E-state index is 0.144. The average molecular weight is 351 g/mol. The van der Waals surface area contributed by atoms with E-state index in [1.165, 1.54) is 0 Å². The summed E-state index contributed by atoms with van der Waals surface area (Å²) < 4.78 is 29.0. The number of nitrogens with two attached hydrogens (primary N) is 1. The lowest BCUT2D eigenvalue weighted by Crippen LogP contribution is -2.51. The molecule has 1 fully saturated rings. The molecule has 2 aliphatic heterocycles. The fourth-order valence-electron chi connectivity index (χ4n) is 3.21. The van der Waals surface area contributed by atoms with E-state index in [2.05, 4.69) is 9.82 Å². The van der Waals surface area contributed by atoms with Gasteiger partial charge in [-0.1, -0.05) is 12.1 Å². The number of hydrogen-bond acceptors (Lipinski definition) is 6. The van der Waals surface area contributed by atoms with Crippen molar-refractivity contribution in [3.63, 3.8) is 0 Å². The minimum Gasteiger partial charge on any atom is -0.342 e. The number of anilines is 1. The first-order chi connectivity index (χ1) is 11.5. The molecule has 0 aliphatic carbocycles. The molecule has 3 N–H and O–H groups in total. The lowest BCUT2D eigenvalue weighted by Gasteiger charge is -2.39. The molecule has 1 aromatic carbocycles. The number of rotatable bonds is 2. The summed E-state index contributed by atoms with van der Waals surface area (Å²) in [6, 6.07) is 6.88. The van der Waals surface area contributed by atoms with Crippen molar-refractivity contribution in [3.8, 4) is 0 Å². The lowest BCUT2D eigenvalue weighted by molar-refractivity contribution is -0.126. The summed E-state index contributed by atoms with van der Waals surface area (Å²) in [7, 11) is -3.71. The van der Waals surface area contributed by atoms with Crippen LogP contribution >= 0.6 is 0 Å². The van der Waals surface area contributed by atoms with Gasteiger partial charge >= 0.3 is 0 Å². The zero-order valence-electron chi connectivity index (χ0n) is 13.5. The highest BCUT2D eigenvalue weighted by Gasteiger charge is 2.35. The van der Waals surface area contributed by atoms with E-state index in [1.54, 1.807) is 18.2 Å². The Bertz CT molecular complexity index is 769. The van der Waals surface area contributed by atoms with Gasteiger partial charge in [-0.3, -0.25) is 10.2 Å². The van der Waals surface area contributed by atoms with Gasteiger partial charge in [0.1, 0.15) is 4.90 Å². The number of hydrogen-bond donors (Lipinski definition) is 2. The van der Waals surface area contributed by atoms with Crippen LogP contribution in [0, 0.1) is 5.92 Å². The largest absolute Gasteiger partial charge is 0.342 e. The van der Waals surface area contributed by atoms with Crippen molar-refractivity contribution in [3.05, 3.63) is 24.3 Å². The Labute approximate surface area is 141 Å². The molecule has 2 heterocycles. The van der Waals surface area contributed by atoms with Crippen LogP contribution < -0.4 is 16.2 Å². The molecule has 1 aromatic rings. The van der Waals surface area contributed by atoms with Gasteiger partial charge in [-0.2, -0.15) is 8.42 Å². The molecule has 0 atom stereocenters. The maximum atomic E-state index is 12.5. The van der Waals surface area contributed by atoms with E-state index >= 15 is 0 Å². The van der Waals surface area contributed by atoms with Gasteiger partial charge in [0.2, 0.25) is 11.9 Å². The Hall–Kier alpha value is -2.13. The van der Waals surface area contributed by atoms with Crippen molar-refractivity contribution in [1.82, 2.24) is 10.3 Å². The number of nitrogens with one attached hydrogen (secondary N) is 1. The second kappa shape index (κ2) is 6.40. The molecule has 1 amide bonds. The SMILES string of the molecule is CCN1C(N2CCC(C(=O)NN)CC2)=NS(=O)(=O)c2ccccc21. The number of benzene rings is 1. The van der Waals surface area contributed by atoms with Crippen LogP contribution in [0.1, 0.15) is 19.8 Å². The zero-order chi connectivity index (χ0) is 17.3. The maximum absolute atomic E-state index is 12.5. The molecule has 0 radical (unpaired) electrons. The molecule has 1 saturated heterocycles. The first kappa shape index (κ1) is 16.7. The van der Waals surface area contributed by atoms with Gasteiger partial charge in [-0.15, -0.1) is 4.40 Å². The molecule has 2 aliphatic rings. The standard InChI is InChI=1S/C15H21N5O3S/c1-2-20-12-5-3-4-6-13(12)24(22,23)18-15(20)19-9-7-11(8-10-19)14(21)17-16/h3-6,11H,2,7-10,16H2,1H3,(H,17,21). The summed E-state index contributed by atoms with van der Waals surface area (Å²) in [6.45, 7) is 3.68. The van der Waals surface area contributed by atoms with Gasteiger partial charge in [0, 0.05) is 25.6 Å². The van der Waals surface area contributed by atoms with E-state index in [0.29, 0.717) is 44.1 Å². The number of carbonyl (C=O) groups is 1. The van der Waals surface area contributed by atoms with Crippen LogP contribution in [0.5, 0.6) is 0 Å². The number of nitrogens with zero attached hydrogens (tertiary/aromatic N) is 3. The van der Waals surface area contributed by atoms with Gasteiger partial charge in [0.15, 0.2) is 0 Å². The second-order valence-corrected chi connectivity index (χ2v) is 7.42. The first-order valence-electron chi connectivity index (χ1n) is 7.95. The molecule has 0 spiro atoms. The fraction of sp³-hybridized carbons (Fsp3) is 0.467. The molecule has 24 heavy (non-hydrogen) atoms. The van der Waals surface area contributed by atoms with Gasteiger partial charge in [-0.05, 0) is 31.9 Å². The van der Waals surface area contributed by atoms with Crippen LogP contribution in [0.4, 0.5) is 5.69 Å². The van der Waals surface area contributed by atoms with E-state index in [-0.39, 0.29) is 16.7 Å². The normalized spacial score (nSPS) is 20.3. The van der Waals surface area contributed by atoms with E-state index in [1.807, 2.05) is 22.8 Å². The highest BCUT2D eigenvalue weighted by atomic mass is 32.2. The van der Waals surface area contributed by atoms with Crippen molar-refractivity contribution in [2.24, 2.45) is 16.2 Å². The fourth-order valence-corrected chi connectivity index (χ4v) is 4.43. The third-order valence-corrected chi connectivity index (χ3v) is 5.79. The number of piperidine rings is 1. The van der Waals surface area contributed by atoms with Gasteiger partial charge in [0.25, 0.3) is 10.0 Å². The Morgan fingerprint density at radius 2 is 2.00 bits per heavy atom. The topological polar surface area (TPSA) is 108 Å². The van der Waals surface area contributed by atoms with Crippen LogP contribution in [-0.2, 0) is 14.8 Å². The van der Waals surface area contributed by atoms with E-state index in [9.17, 15) is 13.2 Å². The number of para-hydroxylation sites is 1. The summed E-state index contributed by atoms with van der Waals surface area (Å²) in [6.07, 6.45) is 1.22. The van der Waals surface area contributed by atoms with Crippen molar-refractivity contribution in [1.29, 1.82) is 0 Å². The summed E-state index contributed by atoms with van der Waals surface area (Å²) in [5, 5.41) is 0. The highest BCUT2D eigenvalue weighted by molar-refractivity contribution is 7.90. The van der Waals surface area contributed by atoms with Gasteiger partial charge < -0.3 is 9.80 Å². The van der Waals surface area contributed by atoms with Crippen LogP contribution in [0.15, 0.2) is 33.6 Å². The van der Waals surface area contributed by atoms with Crippen LogP contribution in [0.25, 0.3) is 0 Å². The smallest absolute Gasteiger partial charge is 0.287 e. The van der Waals surface area contributed by atoms with Crippen molar-refractivity contribution < 1.29 is 13.2 Å². The quantitative estimate of drug-likeness (QED) is 0.450. The van der Waals surface area contributed by atoms with E-state index in [4.69, 9.17) is 5.84 Å². The van der Waals surface area contributed by atoms with Gasteiger partial charge in [-0.25, -0.2) is 5.84 Å². The molecular formula is C15H21N5O3S. The third-order valence-electron chi connectivity index (χ3n) is 4.48. The Balaban J connectivity index is 1.89. The molecule has 9 heteroatoms. The lowest BCUT2D eigenvalue weighted by atomic mass is 9.96. The number of amides is 1. The summed E-state index contributed by atoms with van der Waals surface area (Å²) >= 11 is 0. The van der Waals surface area contributed by atoms with Crippen LogP contribution in [0.3, 0.4) is 0 Å². The zero-order valence-corrected chi connectivity index (χ0v) is 14.3. The molecule has 0 aromatic heterocycles. The molecule has 8 nitrogen and oxygen atoms in total.